The van der Waals surface area contributed by atoms with Crippen molar-refractivity contribution >= 4 is 70.2 Å². The summed E-state index contributed by atoms with van der Waals surface area (Å²) in [6, 6.07) is 10.6. The lowest BCUT2D eigenvalue weighted by Gasteiger charge is -2.27. The number of benzene rings is 2. The predicted octanol–water partition coefficient (Wildman–Crippen LogP) is 2.79. The average Bonchev–Trinajstić information content (AvgIpc) is 4.15. The number of amides is 7. The van der Waals surface area contributed by atoms with Crippen molar-refractivity contribution < 1.29 is 47.8 Å². The molecule has 74 heavy (non-hydrogen) atoms. The molecular weight excluding hydrogens is 1010 g/mol. The van der Waals surface area contributed by atoms with Gasteiger partial charge in [0.05, 0.1) is 54.4 Å². The molecule has 6 aromatic rings. The minimum Gasteiger partial charge on any atom is -0.484 e. The van der Waals surface area contributed by atoms with Crippen molar-refractivity contribution in [2.24, 2.45) is 7.05 Å². The van der Waals surface area contributed by atoms with E-state index in [2.05, 4.69) is 36.2 Å². The number of pyridine rings is 1. The SMILES string of the molecule is COc1ncc(-c2nc3c(n2CCCn2cc(CNC(=O)CCCNC(=O)COc4ccc5c(c4)C(=O)N(C4CCC(=O)NC4=O)C5=O)nn2)[C@H](c2ccc(Cl)cc2)N(c2cc(Cl)cn(C)c2=O)C3=O)c(OC)n1. The Balaban J connectivity index is 0.801. The van der Waals surface area contributed by atoms with E-state index in [1.54, 1.807) is 42.2 Å². The zero-order chi connectivity index (χ0) is 52.4. The number of carbonyl (C=O) groups excluding carboxylic acids is 7. The first-order valence-corrected chi connectivity index (χ1v) is 23.8. The standard InChI is InChI=1S/C48H45Cl2N13O11/c1-59-22-27(50)18-34(46(59)70)62-39(25-7-9-26(49)10-8-25)40-38(47(62)71)55-41(32-21-53-48(73-3)56-43(32)72-2)61(40)17-5-16-60-23-28(57-58-60)20-52-35(64)6-4-15-51-37(66)24-74-29-11-12-30-31(19-29)45(69)63(44(30)68)33-13-14-36(65)54-42(33)67/h7-12,18-19,21-23,33,39H,4-6,13-17,20,24H2,1-3H3,(H,51,66)(H,52,64)(H,54,65,67)/t33?,39-/m0/s1. The molecule has 0 spiro atoms. The quantitative estimate of drug-likeness (QED) is 0.0777. The Morgan fingerprint density at radius 3 is 2.36 bits per heavy atom. The third-order valence-corrected chi connectivity index (χ3v) is 12.8. The van der Waals surface area contributed by atoms with Crippen LogP contribution in [0.5, 0.6) is 17.6 Å². The molecule has 2 aromatic carbocycles. The van der Waals surface area contributed by atoms with Crippen LogP contribution in [0.1, 0.15) is 86.3 Å². The Hall–Kier alpha value is -8.51. The van der Waals surface area contributed by atoms with Gasteiger partial charge in [-0.25, -0.2) is 9.97 Å². The molecule has 3 aliphatic rings. The number of hydrogen-bond donors (Lipinski definition) is 3. The van der Waals surface area contributed by atoms with Gasteiger partial charge in [0, 0.05) is 56.9 Å². The van der Waals surface area contributed by atoms with Gasteiger partial charge in [-0.05, 0) is 61.2 Å². The zero-order valence-corrected chi connectivity index (χ0v) is 41.3. The first kappa shape index (κ1) is 50.4. The van der Waals surface area contributed by atoms with Crippen molar-refractivity contribution in [3.05, 3.63) is 121 Å². The number of ether oxygens (including phenoxy) is 3. The van der Waals surface area contributed by atoms with Gasteiger partial charge in [-0.1, -0.05) is 40.5 Å². The van der Waals surface area contributed by atoms with Gasteiger partial charge in [0.25, 0.3) is 29.2 Å². The molecule has 7 amide bonds. The summed E-state index contributed by atoms with van der Waals surface area (Å²) in [4.78, 5) is 119. The normalized spacial score (nSPS) is 16.0. The van der Waals surface area contributed by atoms with Gasteiger partial charge in [0.15, 0.2) is 12.3 Å². The lowest BCUT2D eigenvalue weighted by atomic mass is 10.0. The molecule has 2 atom stereocenters. The molecule has 3 aliphatic heterocycles. The number of anilines is 1. The summed E-state index contributed by atoms with van der Waals surface area (Å²) in [6.07, 6.45) is 5.48. The number of halogens is 2. The smallest absolute Gasteiger partial charge is 0.319 e. The Kier molecular flexibility index (Phi) is 14.5. The zero-order valence-electron chi connectivity index (χ0n) is 39.8. The molecule has 0 radical (unpaired) electrons. The molecule has 382 valence electrons. The summed E-state index contributed by atoms with van der Waals surface area (Å²) < 4.78 is 21.2. The maximum atomic E-state index is 14.6. The molecule has 1 unspecified atom stereocenters. The van der Waals surface area contributed by atoms with Crippen LogP contribution in [0.15, 0.2) is 71.9 Å². The van der Waals surface area contributed by atoms with Crippen LogP contribution in [0.25, 0.3) is 11.4 Å². The van der Waals surface area contributed by atoms with E-state index in [0.29, 0.717) is 52.7 Å². The van der Waals surface area contributed by atoms with E-state index in [1.807, 2.05) is 4.57 Å². The van der Waals surface area contributed by atoms with Crippen molar-refractivity contribution in [3.8, 4) is 29.0 Å². The lowest BCUT2D eigenvalue weighted by molar-refractivity contribution is -0.136. The number of nitrogens with one attached hydrogen (secondary N) is 3. The van der Waals surface area contributed by atoms with Gasteiger partial charge in [-0.3, -0.25) is 58.2 Å². The van der Waals surface area contributed by atoms with E-state index >= 15 is 0 Å². The first-order chi connectivity index (χ1) is 35.6. The second-order valence-electron chi connectivity index (χ2n) is 17.2. The number of imide groups is 2. The number of hydrogen-bond acceptors (Lipinski definition) is 16. The minimum absolute atomic E-state index is 0.00755. The second kappa shape index (κ2) is 21.3. The molecule has 0 aliphatic carbocycles. The number of methoxy groups -OCH3 is 2. The Morgan fingerprint density at radius 1 is 0.824 bits per heavy atom. The summed E-state index contributed by atoms with van der Waals surface area (Å²) >= 11 is 12.8. The van der Waals surface area contributed by atoms with E-state index in [0.717, 1.165) is 4.90 Å². The molecule has 9 rings (SSSR count). The van der Waals surface area contributed by atoms with Crippen LogP contribution in [0, 0.1) is 0 Å². The van der Waals surface area contributed by atoms with Gasteiger partial charge in [-0.15, -0.1) is 5.10 Å². The summed E-state index contributed by atoms with van der Waals surface area (Å²) in [5.41, 5.74) is 1.77. The number of imidazole rings is 1. The van der Waals surface area contributed by atoms with Crippen molar-refractivity contribution in [3.63, 3.8) is 0 Å². The second-order valence-corrected chi connectivity index (χ2v) is 18.1. The molecular formula is C48H45Cl2N13O11. The summed E-state index contributed by atoms with van der Waals surface area (Å²) in [5.74, 6) is -3.26. The molecule has 0 saturated carbocycles. The fourth-order valence-corrected chi connectivity index (χ4v) is 9.26. The van der Waals surface area contributed by atoms with Crippen LogP contribution in [-0.2, 0) is 45.9 Å². The average molecular weight is 1050 g/mol. The predicted molar refractivity (Wildman–Crippen MR) is 260 cm³/mol. The van der Waals surface area contributed by atoms with E-state index in [-0.39, 0.29) is 90.0 Å². The number of carbonyl (C=O) groups is 7. The summed E-state index contributed by atoms with van der Waals surface area (Å²) in [7, 11) is 4.41. The lowest BCUT2D eigenvalue weighted by Crippen LogP contribution is -2.54. The molecule has 24 nitrogen and oxygen atoms in total. The molecule has 3 N–H and O–H groups in total. The van der Waals surface area contributed by atoms with Gasteiger partial charge >= 0.3 is 6.01 Å². The number of rotatable bonds is 19. The van der Waals surface area contributed by atoms with E-state index in [4.69, 9.17) is 42.4 Å². The summed E-state index contributed by atoms with van der Waals surface area (Å²) in [5, 5.41) is 16.8. The number of fused-ring (bicyclic) bond motifs is 2. The van der Waals surface area contributed by atoms with Crippen molar-refractivity contribution in [1.29, 1.82) is 0 Å². The Bertz CT molecular complexity index is 3320. The highest BCUT2D eigenvalue weighted by atomic mass is 35.5. The fourth-order valence-electron chi connectivity index (χ4n) is 8.88. The monoisotopic (exact) mass is 1050 g/mol. The van der Waals surface area contributed by atoms with Crippen molar-refractivity contribution in [1.82, 2.24) is 59.9 Å². The number of aromatic nitrogens is 8. The highest BCUT2D eigenvalue weighted by Gasteiger charge is 2.47. The highest BCUT2D eigenvalue weighted by molar-refractivity contribution is 6.31. The van der Waals surface area contributed by atoms with Crippen molar-refractivity contribution in [2.45, 2.75) is 63.8 Å². The number of nitrogens with zero attached hydrogens (tertiary/aromatic N) is 10. The van der Waals surface area contributed by atoms with Crippen LogP contribution in [0.4, 0.5) is 5.69 Å². The summed E-state index contributed by atoms with van der Waals surface area (Å²) in [6.45, 7) is 0.449. The van der Waals surface area contributed by atoms with Gasteiger partial charge in [-0.2, -0.15) is 4.98 Å². The number of piperidine rings is 1. The Labute approximate surface area is 429 Å². The van der Waals surface area contributed by atoms with Crippen LogP contribution in [0.3, 0.4) is 0 Å². The van der Waals surface area contributed by atoms with Crippen molar-refractivity contribution in [2.75, 3.05) is 32.3 Å². The maximum Gasteiger partial charge on any atom is 0.319 e. The minimum atomic E-state index is -1.11. The number of aryl methyl sites for hydroxylation is 2. The molecule has 4 aromatic heterocycles. The third-order valence-electron chi connectivity index (χ3n) is 12.4. The maximum absolute atomic E-state index is 14.6. The van der Waals surface area contributed by atoms with Gasteiger partial charge in [0.2, 0.25) is 23.6 Å². The molecule has 26 heteroatoms. The Morgan fingerprint density at radius 2 is 1.61 bits per heavy atom. The van der Waals surface area contributed by atoms with Crippen LogP contribution >= 0.6 is 23.2 Å². The van der Waals surface area contributed by atoms with Gasteiger partial charge < -0.3 is 34.0 Å². The molecule has 7 heterocycles. The van der Waals surface area contributed by atoms with Crippen LogP contribution < -0.4 is 40.6 Å². The fraction of sp³-hybridized carbons (Fsp3) is 0.312. The van der Waals surface area contributed by atoms with E-state index in [9.17, 15) is 38.4 Å². The van der Waals surface area contributed by atoms with E-state index < -0.39 is 59.7 Å². The van der Waals surface area contributed by atoms with Gasteiger partial charge in [0.1, 0.15) is 35.0 Å². The van der Waals surface area contributed by atoms with E-state index in [1.165, 1.54) is 60.3 Å². The largest absolute Gasteiger partial charge is 0.484 e. The molecule has 0 bridgehead atoms. The highest BCUT2D eigenvalue weighted by Crippen LogP contribution is 2.44. The van der Waals surface area contributed by atoms with Crippen LogP contribution in [-0.4, -0.2) is 119 Å². The van der Waals surface area contributed by atoms with Crippen LogP contribution in [0.2, 0.25) is 10.0 Å². The molecule has 1 fully saturated rings. The first-order valence-electron chi connectivity index (χ1n) is 23.1. The third kappa shape index (κ3) is 10.1. The molecule has 1 saturated heterocycles. The topological polar surface area (TPSA) is 286 Å².